The highest BCUT2D eigenvalue weighted by molar-refractivity contribution is 5.94. The number of aromatic nitrogens is 2. The molecule has 0 saturated heterocycles. The van der Waals surface area contributed by atoms with Gasteiger partial charge in [0.2, 0.25) is 0 Å². The molecule has 1 aromatic heterocycles. The molecule has 0 aliphatic rings. The van der Waals surface area contributed by atoms with Crippen LogP contribution in [-0.2, 0) is 6.54 Å². The summed E-state index contributed by atoms with van der Waals surface area (Å²) in [6, 6.07) is 13.7. The second-order valence-electron chi connectivity index (χ2n) is 6.38. The van der Waals surface area contributed by atoms with Gasteiger partial charge < -0.3 is 5.32 Å². The van der Waals surface area contributed by atoms with Crippen molar-refractivity contribution in [2.75, 3.05) is 6.54 Å². The Balaban J connectivity index is 1.60. The van der Waals surface area contributed by atoms with Crippen molar-refractivity contribution in [2.45, 2.75) is 19.9 Å². The summed E-state index contributed by atoms with van der Waals surface area (Å²) in [5.41, 5.74) is 2.24. The van der Waals surface area contributed by atoms with E-state index in [9.17, 15) is 18.4 Å². The van der Waals surface area contributed by atoms with Crippen molar-refractivity contribution in [1.29, 1.82) is 0 Å². The van der Waals surface area contributed by atoms with E-state index in [0.29, 0.717) is 24.7 Å². The molecule has 3 aromatic rings. The molecule has 0 atom stereocenters. The number of aryl methyl sites for hydroxylation is 2. The van der Waals surface area contributed by atoms with Gasteiger partial charge in [0, 0.05) is 30.8 Å². The lowest BCUT2D eigenvalue weighted by molar-refractivity contribution is 0.0948. The number of amides is 1. The molecule has 0 aliphatic heterocycles. The van der Waals surface area contributed by atoms with E-state index < -0.39 is 17.5 Å². The topological polar surface area (TPSA) is 64.0 Å². The first-order valence-corrected chi connectivity index (χ1v) is 8.82. The summed E-state index contributed by atoms with van der Waals surface area (Å²) >= 11 is 0. The van der Waals surface area contributed by atoms with E-state index >= 15 is 0 Å². The first-order chi connectivity index (χ1) is 13.4. The number of benzene rings is 2. The third-order valence-electron chi connectivity index (χ3n) is 4.22. The van der Waals surface area contributed by atoms with Crippen LogP contribution in [0.3, 0.4) is 0 Å². The Kier molecular flexibility index (Phi) is 5.93. The minimum Gasteiger partial charge on any atom is -0.352 e. The first kappa shape index (κ1) is 19.4. The van der Waals surface area contributed by atoms with Gasteiger partial charge in [0.1, 0.15) is 11.6 Å². The summed E-state index contributed by atoms with van der Waals surface area (Å²) < 4.78 is 27.8. The normalized spacial score (nSPS) is 10.7. The van der Waals surface area contributed by atoms with Crippen molar-refractivity contribution in [3.8, 4) is 11.3 Å². The highest BCUT2D eigenvalue weighted by atomic mass is 19.1. The van der Waals surface area contributed by atoms with Crippen LogP contribution in [-0.4, -0.2) is 22.2 Å². The molecule has 1 amide bonds. The Labute approximate surface area is 160 Å². The average molecular weight is 383 g/mol. The largest absolute Gasteiger partial charge is 0.352 e. The fourth-order valence-corrected chi connectivity index (χ4v) is 2.69. The van der Waals surface area contributed by atoms with Crippen LogP contribution in [0.15, 0.2) is 59.4 Å². The molecule has 3 rings (SSSR count). The summed E-state index contributed by atoms with van der Waals surface area (Å²) in [7, 11) is 0. The second-order valence-corrected chi connectivity index (χ2v) is 6.38. The van der Waals surface area contributed by atoms with Gasteiger partial charge in [-0.1, -0.05) is 29.8 Å². The molecule has 1 heterocycles. The fraction of sp³-hybridized carbons (Fsp3) is 0.190. The molecule has 0 fully saturated rings. The summed E-state index contributed by atoms with van der Waals surface area (Å²) in [5, 5.41) is 6.92. The van der Waals surface area contributed by atoms with Gasteiger partial charge in [0.05, 0.1) is 11.3 Å². The van der Waals surface area contributed by atoms with Crippen LogP contribution in [0.1, 0.15) is 22.3 Å². The van der Waals surface area contributed by atoms with E-state index in [1.807, 2.05) is 31.2 Å². The molecular formula is C21H19F2N3O2. The standard InChI is InChI=1S/C21H19F2N3O2/c1-14-3-5-15(6-4-14)19-9-10-20(27)26(25-19)12-2-11-24-21(28)17-8-7-16(22)13-18(17)23/h3-10,13H,2,11-12H2,1H3,(H,24,28). The van der Waals surface area contributed by atoms with Gasteiger partial charge in [-0.15, -0.1) is 0 Å². The molecule has 1 N–H and O–H groups in total. The van der Waals surface area contributed by atoms with Crippen LogP contribution in [0.2, 0.25) is 0 Å². The Morgan fingerprint density at radius 1 is 1.07 bits per heavy atom. The van der Waals surface area contributed by atoms with Crippen LogP contribution in [0.4, 0.5) is 8.78 Å². The summed E-state index contributed by atoms with van der Waals surface area (Å²) in [5.74, 6) is -2.29. The Bertz CT molecular complexity index is 1050. The predicted molar refractivity (Wildman–Crippen MR) is 102 cm³/mol. The highest BCUT2D eigenvalue weighted by Gasteiger charge is 2.12. The maximum Gasteiger partial charge on any atom is 0.266 e. The number of hydrogen-bond donors (Lipinski definition) is 1. The minimum atomic E-state index is -0.916. The van der Waals surface area contributed by atoms with Crippen LogP contribution < -0.4 is 10.9 Å². The maximum atomic E-state index is 13.6. The van der Waals surface area contributed by atoms with E-state index in [1.165, 1.54) is 10.7 Å². The fourth-order valence-electron chi connectivity index (χ4n) is 2.69. The van der Waals surface area contributed by atoms with E-state index in [0.717, 1.165) is 23.3 Å². The van der Waals surface area contributed by atoms with Gasteiger partial charge in [-0.3, -0.25) is 9.59 Å². The minimum absolute atomic E-state index is 0.221. The van der Waals surface area contributed by atoms with Crippen LogP contribution in [0.5, 0.6) is 0 Å². The van der Waals surface area contributed by atoms with E-state index in [2.05, 4.69) is 10.4 Å². The van der Waals surface area contributed by atoms with E-state index in [4.69, 9.17) is 0 Å². The second kappa shape index (κ2) is 8.56. The number of rotatable bonds is 6. The molecule has 7 heteroatoms. The monoisotopic (exact) mass is 383 g/mol. The molecule has 0 aliphatic carbocycles. The number of nitrogens with zero attached hydrogens (tertiary/aromatic N) is 2. The number of nitrogens with one attached hydrogen (secondary N) is 1. The van der Waals surface area contributed by atoms with Crippen molar-refractivity contribution in [1.82, 2.24) is 15.1 Å². The zero-order valence-corrected chi connectivity index (χ0v) is 15.3. The van der Waals surface area contributed by atoms with Crippen LogP contribution in [0, 0.1) is 18.6 Å². The van der Waals surface area contributed by atoms with E-state index in [-0.39, 0.29) is 17.7 Å². The molecule has 28 heavy (non-hydrogen) atoms. The first-order valence-electron chi connectivity index (χ1n) is 8.82. The van der Waals surface area contributed by atoms with Crippen LogP contribution >= 0.6 is 0 Å². The predicted octanol–water partition coefficient (Wildman–Crippen LogP) is 3.32. The van der Waals surface area contributed by atoms with Gasteiger partial charge in [0.25, 0.3) is 11.5 Å². The zero-order valence-electron chi connectivity index (χ0n) is 15.3. The number of carbonyl (C=O) groups excluding carboxylic acids is 1. The van der Waals surface area contributed by atoms with Gasteiger partial charge >= 0.3 is 0 Å². The smallest absolute Gasteiger partial charge is 0.266 e. The number of hydrogen-bond acceptors (Lipinski definition) is 3. The van der Waals surface area contributed by atoms with Crippen LogP contribution in [0.25, 0.3) is 11.3 Å². The van der Waals surface area contributed by atoms with Crippen molar-refractivity contribution in [2.24, 2.45) is 0 Å². The Hall–Kier alpha value is -3.35. The number of halogens is 2. The average Bonchev–Trinajstić information content (AvgIpc) is 2.67. The lowest BCUT2D eigenvalue weighted by Gasteiger charge is -2.09. The Morgan fingerprint density at radius 2 is 1.82 bits per heavy atom. The van der Waals surface area contributed by atoms with Crippen molar-refractivity contribution in [3.63, 3.8) is 0 Å². The van der Waals surface area contributed by atoms with Crippen molar-refractivity contribution >= 4 is 5.91 Å². The highest BCUT2D eigenvalue weighted by Crippen LogP contribution is 2.15. The molecular weight excluding hydrogens is 364 g/mol. The molecule has 0 radical (unpaired) electrons. The zero-order chi connectivity index (χ0) is 20.1. The summed E-state index contributed by atoms with van der Waals surface area (Å²) in [6.45, 7) is 2.51. The van der Waals surface area contributed by atoms with E-state index in [1.54, 1.807) is 6.07 Å². The maximum absolute atomic E-state index is 13.6. The van der Waals surface area contributed by atoms with Crippen molar-refractivity contribution in [3.05, 3.63) is 87.7 Å². The molecule has 0 unspecified atom stereocenters. The molecule has 5 nitrogen and oxygen atoms in total. The SMILES string of the molecule is Cc1ccc(-c2ccc(=O)n(CCCNC(=O)c3ccc(F)cc3F)n2)cc1. The van der Waals surface area contributed by atoms with Gasteiger partial charge in [-0.25, -0.2) is 13.5 Å². The summed E-state index contributed by atoms with van der Waals surface area (Å²) in [6.07, 6.45) is 0.429. The number of carbonyl (C=O) groups is 1. The van der Waals surface area contributed by atoms with Crippen molar-refractivity contribution < 1.29 is 13.6 Å². The Morgan fingerprint density at radius 3 is 2.54 bits per heavy atom. The molecule has 144 valence electrons. The summed E-state index contributed by atoms with van der Waals surface area (Å²) in [4.78, 5) is 24.0. The third-order valence-corrected chi connectivity index (χ3v) is 4.22. The third kappa shape index (κ3) is 4.68. The molecule has 0 bridgehead atoms. The lowest BCUT2D eigenvalue weighted by Crippen LogP contribution is -2.28. The van der Waals surface area contributed by atoms with Gasteiger partial charge in [-0.2, -0.15) is 5.10 Å². The molecule has 0 saturated carbocycles. The van der Waals surface area contributed by atoms with Gasteiger partial charge in [0.15, 0.2) is 0 Å². The van der Waals surface area contributed by atoms with Gasteiger partial charge in [-0.05, 0) is 31.5 Å². The quantitative estimate of drug-likeness (QED) is 0.664. The molecule has 0 spiro atoms. The lowest BCUT2D eigenvalue weighted by atomic mass is 10.1. The molecule has 2 aromatic carbocycles.